The Labute approximate surface area is 89.9 Å². The summed E-state index contributed by atoms with van der Waals surface area (Å²) in [4.78, 5) is 0. The molecule has 0 aromatic carbocycles. The molecule has 1 heteroatoms. The van der Waals surface area contributed by atoms with E-state index in [1.807, 2.05) is 0 Å². The van der Waals surface area contributed by atoms with Crippen LogP contribution in [-0.2, 0) is 0 Å². The van der Waals surface area contributed by atoms with Gasteiger partial charge < -0.3 is 0 Å². The Hall–Kier alpha value is 0.350. The molecule has 0 N–H and O–H groups in total. The van der Waals surface area contributed by atoms with Crippen molar-refractivity contribution in [3.05, 3.63) is 0 Å². The zero-order valence-electron chi connectivity index (χ0n) is 9.55. The van der Waals surface area contributed by atoms with Crippen molar-refractivity contribution in [1.82, 2.24) is 0 Å². The van der Waals surface area contributed by atoms with Gasteiger partial charge in [-0.05, 0) is 18.8 Å². The molecule has 80 valence electrons. The molecule has 0 aromatic heterocycles. The van der Waals surface area contributed by atoms with Crippen LogP contribution in [0.4, 0.5) is 0 Å². The maximum Gasteiger partial charge on any atom is 0.00423 e. The van der Waals surface area contributed by atoms with Crippen molar-refractivity contribution < 1.29 is 0 Å². The highest BCUT2D eigenvalue weighted by atomic mass is 32.1. The quantitative estimate of drug-likeness (QED) is 0.428. The fourth-order valence-corrected chi connectivity index (χ4v) is 2.20. The van der Waals surface area contributed by atoms with Crippen molar-refractivity contribution in [1.29, 1.82) is 0 Å². The predicted molar refractivity (Wildman–Crippen MR) is 65.6 cm³/mol. The molecule has 0 fully saturated rings. The van der Waals surface area contributed by atoms with Crippen LogP contribution in [-0.4, -0.2) is 5.25 Å². The van der Waals surface area contributed by atoms with Gasteiger partial charge in [0.1, 0.15) is 0 Å². The number of rotatable bonds is 8. The topological polar surface area (TPSA) is 0 Å². The van der Waals surface area contributed by atoms with Crippen LogP contribution in [0.25, 0.3) is 0 Å². The Kier molecular flexibility index (Phi) is 9.17. The van der Waals surface area contributed by atoms with Crippen LogP contribution in [0.1, 0.15) is 65.7 Å². The summed E-state index contributed by atoms with van der Waals surface area (Å²) >= 11 is 4.63. The minimum absolute atomic E-state index is 0.631. The number of thiol groups is 1. The highest BCUT2D eigenvalue weighted by molar-refractivity contribution is 7.81. The lowest BCUT2D eigenvalue weighted by Gasteiger charge is -2.20. The molecule has 0 saturated heterocycles. The minimum atomic E-state index is 0.631. The van der Waals surface area contributed by atoms with Gasteiger partial charge >= 0.3 is 0 Å². The first-order valence-electron chi connectivity index (χ1n) is 5.94. The maximum atomic E-state index is 4.63. The monoisotopic (exact) mass is 202 g/mol. The van der Waals surface area contributed by atoms with Crippen molar-refractivity contribution in [2.75, 3.05) is 0 Å². The van der Waals surface area contributed by atoms with Gasteiger partial charge in [-0.25, -0.2) is 0 Å². The molecule has 0 aromatic rings. The summed E-state index contributed by atoms with van der Waals surface area (Å²) in [5.74, 6) is 0.852. The summed E-state index contributed by atoms with van der Waals surface area (Å²) in [5, 5.41) is 0.631. The fourth-order valence-electron chi connectivity index (χ4n) is 1.84. The molecule has 2 atom stereocenters. The van der Waals surface area contributed by atoms with E-state index in [4.69, 9.17) is 0 Å². The lowest BCUT2D eigenvalue weighted by atomic mass is 9.93. The van der Waals surface area contributed by atoms with Crippen molar-refractivity contribution in [2.45, 2.75) is 71.0 Å². The average Bonchev–Trinajstić information content (AvgIpc) is 2.17. The van der Waals surface area contributed by atoms with E-state index in [-0.39, 0.29) is 0 Å². The Morgan fingerprint density at radius 2 is 1.62 bits per heavy atom. The minimum Gasteiger partial charge on any atom is -0.176 e. The Morgan fingerprint density at radius 3 is 2.08 bits per heavy atom. The second kappa shape index (κ2) is 8.93. The molecular formula is C12H26S. The average molecular weight is 202 g/mol. The first-order valence-corrected chi connectivity index (χ1v) is 6.45. The summed E-state index contributed by atoms with van der Waals surface area (Å²) in [6.45, 7) is 6.81. The van der Waals surface area contributed by atoms with Crippen molar-refractivity contribution in [3.63, 3.8) is 0 Å². The molecule has 0 saturated carbocycles. The van der Waals surface area contributed by atoms with Crippen LogP contribution < -0.4 is 0 Å². The molecule has 13 heavy (non-hydrogen) atoms. The number of unbranched alkanes of at least 4 members (excludes halogenated alkanes) is 3. The van der Waals surface area contributed by atoms with E-state index < -0.39 is 0 Å². The SMILES string of the molecule is CCCCCCC(CC)C(S)CC. The third-order valence-corrected chi connectivity index (χ3v) is 3.70. The normalized spacial score (nSPS) is 15.7. The van der Waals surface area contributed by atoms with E-state index >= 15 is 0 Å². The van der Waals surface area contributed by atoms with E-state index in [1.54, 1.807) is 0 Å². The van der Waals surface area contributed by atoms with Crippen LogP contribution in [0.3, 0.4) is 0 Å². The fraction of sp³-hybridized carbons (Fsp3) is 1.00. The Balaban J connectivity index is 3.47. The third-order valence-electron chi connectivity index (χ3n) is 2.92. The molecule has 0 spiro atoms. The van der Waals surface area contributed by atoms with Crippen molar-refractivity contribution in [3.8, 4) is 0 Å². The van der Waals surface area contributed by atoms with Gasteiger partial charge in [0.05, 0.1) is 0 Å². The molecule has 0 heterocycles. The van der Waals surface area contributed by atoms with Gasteiger partial charge in [-0.3, -0.25) is 0 Å². The third kappa shape index (κ3) is 6.42. The van der Waals surface area contributed by atoms with Gasteiger partial charge in [0.15, 0.2) is 0 Å². The van der Waals surface area contributed by atoms with Crippen LogP contribution in [0, 0.1) is 5.92 Å². The Morgan fingerprint density at radius 1 is 0.923 bits per heavy atom. The highest BCUT2D eigenvalue weighted by Gasteiger charge is 2.13. The first kappa shape index (κ1) is 13.4. The highest BCUT2D eigenvalue weighted by Crippen LogP contribution is 2.23. The van der Waals surface area contributed by atoms with Gasteiger partial charge in [0.25, 0.3) is 0 Å². The number of hydrogen-bond donors (Lipinski definition) is 1. The summed E-state index contributed by atoms with van der Waals surface area (Å²) in [6.07, 6.45) is 9.47. The largest absolute Gasteiger partial charge is 0.176 e. The van der Waals surface area contributed by atoms with Gasteiger partial charge in [0.2, 0.25) is 0 Å². The van der Waals surface area contributed by atoms with E-state index in [0.717, 1.165) is 5.92 Å². The van der Waals surface area contributed by atoms with Gasteiger partial charge in [-0.2, -0.15) is 12.6 Å². The maximum absolute atomic E-state index is 4.63. The van der Waals surface area contributed by atoms with Gasteiger partial charge in [0, 0.05) is 5.25 Å². The molecule has 0 rings (SSSR count). The molecule has 0 aliphatic carbocycles. The summed E-state index contributed by atoms with van der Waals surface area (Å²) in [6, 6.07) is 0. The van der Waals surface area contributed by atoms with E-state index in [0.29, 0.717) is 5.25 Å². The van der Waals surface area contributed by atoms with E-state index in [2.05, 4.69) is 33.4 Å². The van der Waals surface area contributed by atoms with Gasteiger partial charge in [-0.1, -0.05) is 52.9 Å². The molecule has 2 unspecified atom stereocenters. The number of hydrogen-bond acceptors (Lipinski definition) is 1. The standard InChI is InChI=1S/C12H26S/c1-4-7-8-9-10-11(5-2)12(13)6-3/h11-13H,4-10H2,1-3H3. The van der Waals surface area contributed by atoms with Crippen LogP contribution >= 0.6 is 12.6 Å². The Bertz CT molecular complexity index is 101. The first-order chi connectivity index (χ1) is 6.26. The zero-order valence-corrected chi connectivity index (χ0v) is 10.4. The second-order valence-electron chi connectivity index (χ2n) is 3.99. The summed E-state index contributed by atoms with van der Waals surface area (Å²) in [5.41, 5.74) is 0. The van der Waals surface area contributed by atoms with Crippen LogP contribution in [0.5, 0.6) is 0 Å². The van der Waals surface area contributed by atoms with Crippen LogP contribution in [0.2, 0.25) is 0 Å². The smallest absolute Gasteiger partial charge is 0.00423 e. The molecule has 0 nitrogen and oxygen atoms in total. The molecule has 0 aliphatic rings. The molecular weight excluding hydrogens is 176 g/mol. The van der Waals surface area contributed by atoms with Crippen molar-refractivity contribution >= 4 is 12.6 Å². The predicted octanol–water partition coefficient (Wildman–Crippen LogP) is 4.69. The lowest BCUT2D eigenvalue weighted by molar-refractivity contribution is 0.422. The van der Waals surface area contributed by atoms with E-state index in [1.165, 1.54) is 44.9 Å². The summed E-state index contributed by atoms with van der Waals surface area (Å²) < 4.78 is 0. The van der Waals surface area contributed by atoms with Crippen molar-refractivity contribution in [2.24, 2.45) is 5.92 Å². The second-order valence-corrected chi connectivity index (χ2v) is 4.66. The molecule has 0 amide bonds. The van der Waals surface area contributed by atoms with Gasteiger partial charge in [-0.15, -0.1) is 0 Å². The molecule has 0 bridgehead atoms. The molecule has 0 aliphatic heterocycles. The summed E-state index contributed by atoms with van der Waals surface area (Å²) in [7, 11) is 0. The van der Waals surface area contributed by atoms with Crippen LogP contribution in [0.15, 0.2) is 0 Å². The molecule has 0 radical (unpaired) electrons. The zero-order chi connectivity index (χ0) is 10.1. The van der Waals surface area contributed by atoms with E-state index in [9.17, 15) is 0 Å². The lowest BCUT2D eigenvalue weighted by Crippen LogP contribution is -2.13.